The molecule has 0 saturated heterocycles. The van der Waals surface area contributed by atoms with Crippen molar-refractivity contribution in [3.8, 4) is 0 Å². The zero-order valence-corrected chi connectivity index (χ0v) is 10.9. The number of rotatable bonds is 9. The minimum absolute atomic E-state index is 0.00555. The molecule has 0 heterocycles. The van der Waals surface area contributed by atoms with Crippen LogP contribution in [0, 0.1) is 5.92 Å². The Morgan fingerprint density at radius 2 is 1.35 bits per heavy atom. The highest BCUT2D eigenvalue weighted by Gasteiger charge is 2.34. The van der Waals surface area contributed by atoms with Gasteiger partial charge in [-0.25, -0.2) is 0 Å². The van der Waals surface area contributed by atoms with Gasteiger partial charge < -0.3 is 5.11 Å². The SMILES string of the molecule is O=C(O)C(CCCCCCCC(F)(F)F)CC(F)(F)F. The van der Waals surface area contributed by atoms with Crippen LogP contribution in [0.1, 0.15) is 51.4 Å². The molecule has 0 radical (unpaired) electrons. The molecule has 0 rings (SSSR count). The third-order valence-electron chi connectivity index (χ3n) is 2.84. The minimum atomic E-state index is -4.52. The van der Waals surface area contributed by atoms with Crippen molar-refractivity contribution < 1.29 is 36.2 Å². The van der Waals surface area contributed by atoms with Crippen LogP contribution in [-0.2, 0) is 4.79 Å². The summed E-state index contributed by atoms with van der Waals surface area (Å²) in [5.74, 6) is -2.95. The molecule has 0 aliphatic carbocycles. The third-order valence-corrected chi connectivity index (χ3v) is 2.84. The average molecular weight is 308 g/mol. The molecule has 0 saturated carbocycles. The van der Waals surface area contributed by atoms with Crippen LogP contribution in [0.4, 0.5) is 26.3 Å². The van der Waals surface area contributed by atoms with Gasteiger partial charge in [-0.05, 0) is 12.8 Å². The number of unbranched alkanes of at least 4 members (excludes halogenated alkanes) is 4. The minimum Gasteiger partial charge on any atom is -0.481 e. The van der Waals surface area contributed by atoms with Crippen LogP contribution >= 0.6 is 0 Å². The quantitative estimate of drug-likeness (QED) is 0.484. The Labute approximate surface area is 113 Å². The second-order valence-electron chi connectivity index (χ2n) is 4.78. The van der Waals surface area contributed by atoms with Gasteiger partial charge in [0.05, 0.1) is 12.3 Å². The molecular weight excluding hydrogens is 290 g/mol. The Kier molecular flexibility index (Phi) is 7.96. The largest absolute Gasteiger partial charge is 0.481 e. The van der Waals surface area contributed by atoms with E-state index in [1.54, 1.807) is 0 Å². The lowest BCUT2D eigenvalue weighted by molar-refractivity contribution is -0.164. The summed E-state index contributed by atoms with van der Waals surface area (Å²) in [5.41, 5.74) is 0. The van der Waals surface area contributed by atoms with Gasteiger partial charge in [-0.2, -0.15) is 26.3 Å². The van der Waals surface area contributed by atoms with Crippen LogP contribution in [0.2, 0.25) is 0 Å². The number of aliphatic carboxylic acids is 1. The lowest BCUT2D eigenvalue weighted by Crippen LogP contribution is -2.22. The van der Waals surface area contributed by atoms with Crippen LogP contribution in [0.25, 0.3) is 0 Å². The van der Waals surface area contributed by atoms with Gasteiger partial charge in [0.1, 0.15) is 0 Å². The summed E-state index contributed by atoms with van der Waals surface area (Å²) in [6.45, 7) is 0. The number of halogens is 6. The van der Waals surface area contributed by atoms with Gasteiger partial charge >= 0.3 is 18.3 Å². The molecule has 1 unspecified atom stereocenters. The Balaban J connectivity index is 3.73. The molecule has 120 valence electrons. The monoisotopic (exact) mass is 308 g/mol. The van der Waals surface area contributed by atoms with Crippen molar-refractivity contribution in [3.63, 3.8) is 0 Å². The maximum Gasteiger partial charge on any atom is 0.389 e. The Bertz CT molecular complexity index is 285. The fourth-order valence-corrected chi connectivity index (χ4v) is 1.84. The van der Waals surface area contributed by atoms with Gasteiger partial charge in [-0.3, -0.25) is 4.79 Å². The molecule has 1 N–H and O–H groups in total. The van der Waals surface area contributed by atoms with Crippen molar-refractivity contribution in [1.29, 1.82) is 0 Å². The van der Waals surface area contributed by atoms with Crippen molar-refractivity contribution >= 4 is 5.97 Å². The topological polar surface area (TPSA) is 37.3 Å². The first-order chi connectivity index (χ1) is 9.01. The van der Waals surface area contributed by atoms with Crippen LogP contribution in [0.5, 0.6) is 0 Å². The number of carbonyl (C=O) groups is 1. The Morgan fingerprint density at radius 3 is 1.80 bits per heavy atom. The number of carboxylic acids is 1. The third kappa shape index (κ3) is 12.1. The average Bonchev–Trinajstić information content (AvgIpc) is 2.22. The van der Waals surface area contributed by atoms with Crippen LogP contribution in [0.15, 0.2) is 0 Å². The highest BCUT2D eigenvalue weighted by molar-refractivity contribution is 5.69. The molecule has 20 heavy (non-hydrogen) atoms. The van der Waals surface area contributed by atoms with Crippen molar-refractivity contribution in [2.24, 2.45) is 5.92 Å². The molecule has 0 aromatic carbocycles. The first-order valence-corrected chi connectivity index (χ1v) is 6.37. The van der Waals surface area contributed by atoms with Crippen LogP contribution in [-0.4, -0.2) is 23.4 Å². The Hall–Kier alpha value is -0.950. The number of alkyl halides is 6. The smallest absolute Gasteiger partial charge is 0.389 e. The molecule has 0 aliphatic rings. The number of hydrogen-bond donors (Lipinski definition) is 1. The lowest BCUT2D eigenvalue weighted by atomic mass is 9.97. The van der Waals surface area contributed by atoms with E-state index in [0.29, 0.717) is 19.3 Å². The molecule has 0 spiro atoms. The Morgan fingerprint density at radius 1 is 0.850 bits per heavy atom. The maximum atomic E-state index is 12.1. The molecule has 0 bridgehead atoms. The summed E-state index contributed by atoms with van der Waals surface area (Å²) in [4.78, 5) is 10.6. The summed E-state index contributed by atoms with van der Waals surface area (Å²) in [6.07, 6.45) is -9.50. The van der Waals surface area contributed by atoms with Crippen molar-refractivity contribution in [1.82, 2.24) is 0 Å². The van der Waals surface area contributed by atoms with E-state index in [1.807, 2.05) is 0 Å². The lowest BCUT2D eigenvalue weighted by Gasteiger charge is -2.14. The molecule has 0 fully saturated rings. The van der Waals surface area contributed by atoms with E-state index in [2.05, 4.69) is 0 Å². The van der Waals surface area contributed by atoms with Gasteiger partial charge in [0, 0.05) is 6.42 Å². The molecule has 2 nitrogen and oxygen atoms in total. The molecule has 0 aromatic heterocycles. The van der Waals surface area contributed by atoms with Crippen LogP contribution < -0.4 is 0 Å². The number of hydrogen-bond acceptors (Lipinski definition) is 1. The summed E-state index contributed by atoms with van der Waals surface area (Å²) in [5, 5.41) is 8.64. The second-order valence-corrected chi connectivity index (χ2v) is 4.78. The van der Waals surface area contributed by atoms with E-state index in [0.717, 1.165) is 0 Å². The van der Waals surface area contributed by atoms with Crippen molar-refractivity contribution in [3.05, 3.63) is 0 Å². The number of carboxylic acid groups (broad SMARTS) is 1. The fourth-order valence-electron chi connectivity index (χ4n) is 1.84. The van der Waals surface area contributed by atoms with Gasteiger partial charge in [0.25, 0.3) is 0 Å². The second kappa shape index (κ2) is 8.36. The predicted octanol–water partition coefficient (Wildman–Crippen LogP) is 4.93. The summed E-state index contributed by atoms with van der Waals surface area (Å²) in [6, 6.07) is 0. The highest BCUT2D eigenvalue weighted by Crippen LogP contribution is 2.28. The first-order valence-electron chi connectivity index (χ1n) is 6.37. The van der Waals surface area contributed by atoms with Crippen molar-refractivity contribution in [2.45, 2.75) is 63.7 Å². The van der Waals surface area contributed by atoms with E-state index in [-0.39, 0.29) is 19.3 Å². The molecule has 8 heteroatoms. The van der Waals surface area contributed by atoms with Gasteiger partial charge in [-0.15, -0.1) is 0 Å². The standard InChI is InChI=1S/C12H18F6O2/c13-11(14,15)7-5-3-1-2-4-6-9(10(19)20)8-12(16,17)18/h9H,1-8H2,(H,19,20). The zero-order valence-electron chi connectivity index (χ0n) is 10.9. The van der Waals surface area contributed by atoms with Crippen LogP contribution in [0.3, 0.4) is 0 Å². The summed E-state index contributed by atoms with van der Waals surface area (Å²) < 4.78 is 71.7. The van der Waals surface area contributed by atoms with Gasteiger partial charge in [0.15, 0.2) is 0 Å². The predicted molar refractivity (Wildman–Crippen MR) is 60.2 cm³/mol. The normalized spacial score (nSPS) is 14.3. The molecule has 0 aliphatic heterocycles. The van der Waals surface area contributed by atoms with Gasteiger partial charge in [-0.1, -0.05) is 25.7 Å². The molecule has 1 atom stereocenters. The highest BCUT2D eigenvalue weighted by atomic mass is 19.4. The van der Waals surface area contributed by atoms with E-state index >= 15 is 0 Å². The molecular formula is C12H18F6O2. The summed E-state index contributed by atoms with van der Waals surface area (Å²) in [7, 11) is 0. The van der Waals surface area contributed by atoms with E-state index in [4.69, 9.17) is 5.11 Å². The zero-order chi connectivity index (χ0) is 15.8. The molecule has 0 aromatic rings. The van der Waals surface area contributed by atoms with Crippen molar-refractivity contribution in [2.75, 3.05) is 0 Å². The van der Waals surface area contributed by atoms with E-state index in [9.17, 15) is 31.1 Å². The van der Waals surface area contributed by atoms with E-state index < -0.39 is 37.1 Å². The van der Waals surface area contributed by atoms with E-state index in [1.165, 1.54) is 0 Å². The van der Waals surface area contributed by atoms with Gasteiger partial charge in [0.2, 0.25) is 0 Å². The maximum absolute atomic E-state index is 12.1. The summed E-state index contributed by atoms with van der Waals surface area (Å²) >= 11 is 0. The first kappa shape index (κ1) is 19.1. The molecule has 0 amide bonds. The fraction of sp³-hybridized carbons (Fsp3) is 0.917.